The first kappa shape index (κ1) is 18.2. The van der Waals surface area contributed by atoms with Crippen LogP contribution in [0.5, 0.6) is 0 Å². The van der Waals surface area contributed by atoms with Gasteiger partial charge in [-0.15, -0.1) is 15.3 Å². The lowest BCUT2D eigenvalue weighted by atomic mass is 10.1. The molecule has 3 aromatic heterocycles. The number of halogens is 1. The minimum atomic E-state index is 0.459. The minimum absolute atomic E-state index is 0.459. The average molecular weight is 399 g/mol. The fourth-order valence-corrected chi connectivity index (χ4v) is 3.32. The molecule has 4 rings (SSSR count). The number of aromatic nitrogens is 10. The number of hydrogen-bond donors (Lipinski definition) is 1. The highest BCUT2D eigenvalue weighted by Crippen LogP contribution is 2.23. The number of tetrazole rings is 2. The van der Waals surface area contributed by atoms with Crippen molar-refractivity contribution in [2.45, 2.75) is 39.2 Å². The van der Waals surface area contributed by atoms with Crippen molar-refractivity contribution in [2.24, 2.45) is 0 Å². The van der Waals surface area contributed by atoms with Crippen LogP contribution in [0.25, 0.3) is 5.69 Å². The lowest BCUT2D eigenvalue weighted by Gasteiger charge is -2.12. The number of imidazole rings is 1. The van der Waals surface area contributed by atoms with E-state index in [1.165, 1.54) is 0 Å². The third kappa shape index (κ3) is 3.91. The molecule has 11 heteroatoms. The van der Waals surface area contributed by atoms with Crippen molar-refractivity contribution in [3.05, 3.63) is 58.7 Å². The zero-order chi connectivity index (χ0) is 19.3. The largest absolute Gasteiger partial charge is 0.326 e. The molecule has 0 aliphatic rings. The number of rotatable bonds is 8. The molecule has 4 aromatic rings. The summed E-state index contributed by atoms with van der Waals surface area (Å²) in [7, 11) is 0. The van der Waals surface area contributed by atoms with Crippen molar-refractivity contribution < 1.29 is 0 Å². The average Bonchev–Trinajstić information content (AvgIpc) is 3.46. The zero-order valence-electron chi connectivity index (χ0n) is 15.3. The van der Waals surface area contributed by atoms with Gasteiger partial charge < -0.3 is 4.57 Å². The number of unbranched alkanes of at least 4 members (excludes halogenated alkanes) is 1. The van der Waals surface area contributed by atoms with E-state index in [0.29, 0.717) is 23.9 Å². The van der Waals surface area contributed by atoms with Gasteiger partial charge in [0.05, 0.1) is 17.8 Å². The lowest BCUT2D eigenvalue weighted by molar-refractivity contribution is 0.657. The first-order valence-corrected chi connectivity index (χ1v) is 9.40. The summed E-state index contributed by atoms with van der Waals surface area (Å²) in [6, 6.07) is 8.05. The number of nitrogens with zero attached hydrogens (tertiary/aromatic N) is 9. The van der Waals surface area contributed by atoms with Crippen LogP contribution in [0.4, 0.5) is 0 Å². The molecule has 10 nitrogen and oxygen atoms in total. The van der Waals surface area contributed by atoms with E-state index in [-0.39, 0.29) is 0 Å². The first-order chi connectivity index (χ1) is 13.7. The summed E-state index contributed by atoms with van der Waals surface area (Å²) < 4.78 is 3.77. The normalized spacial score (nSPS) is 11.2. The fraction of sp³-hybridized carbons (Fsp3) is 0.353. The van der Waals surface area contributed by atoms with Crippen LogP contribution in [0.1, 0.15) is 42.7 Å². The van der Waals surface area contributed by atoms with Crippen molar-refractivity contribution in [3.8, 4) is 5.69 Å². The molecule has 0 saturated carbocycles. The highest BCUT2D eigenvalue weighted by molar-refractivity contribution is 6.30. The van der Waals surface area contributed by atoms with Crippen molar-refractivity contribution in [1.29, 1.82) is 0 Å². The van der Waals surface area contributed by atoms with Gasteiger partial charge >= 0.3 is 0 Å². The molecule has 0 bridgehead atoms. The highest BCUT2D eigenvalue weighted by atomic mass is 35.5. The van der Waals surface area contributed by atoms with E-state index in [9.17, 15) is 0 Å². The van der Waals surface area contributed by atoms with Crippen LogP contribution >= 0.6 is 11.6 Å². The molecular weight excluding hydrogens is 380 g/mol. The Bertz CT molecular complexity index is 1020. The van der Waals surface area contributed by atoms with E-state index < -0.39 is 0 Å². The Kier molecular flexibility index (Phi) is 5.38. The molecule has 0 saturated heterocycles. The van der Waals surface area contributed by atoms with Gasteiger partial charge in [0.2, 0.25) is 0 Å². The van der Waals surface area contributed by atoms with Crippen LogP contribution in [0.2, 0.25) is 5.15 Å². The van der Waals surface area contributed by atoms with E-state index in [4.69, 9.17) is 11.6 Å². The molecule has 1 aromatic carbocycles. The Balaban J connectivity index is 1.68. The summed E-state index contributed by atoms with van der Waals surface area (Å²) >= 11 is 6.48. The molecule has 1 N–H and O–H groups in total. The number of aromatic amines is 1. The second kappa shape index (κ2) is 8.26. The van der Waals surface area contributed by atoms with Gasteiger partial charge in [0.1, 0.15) is 12.2 Å². The summed E-state index contributed by atoms with van der Waals surface area (Å²) in [5.74, 6) is 1.53. The van der Waals surface area contributed by atoms with E-state index in [0.717, 1.165) is 42.0 Å². The van der Waals surface area contributed by atoms with E-state index in [2.05, 4.69) is 58.7 Å². The standard InChI is InChI=1S/C17H19ClN10/c1-2-3-7-16-20-17(18)14(9-15-21-24-25-22-15)27(16)10-12-5-4-6-13(8-12)28-11-19-23-26-28/h4-6,8,11H,2-3,7,9-10H2,1H3,(H,21,22,24,25). The number of H-pyrrole nitrogens is 1. The third-order valence-electron chi connectivity index (χ3n) is 4.44. The van der Waals surface area contributed by atoms with Crippen LogP contribution in [0.15, 0.2) is 30.6 Å². The third-order valence-corrected chi connectivity index (χ3v) is 4.74. The van der Waals surface area contributed by atoms with Gasteiger partial charge in [0.25, 0.3) is 0 Å². The van der Waals surface area contributed by atoms with Gasteiger partial charge in [-0.05, 0) is 34.5 Å². The number of benzene rings is 1. The molecule has 0 fully saturated rings. The summed E-state index contributed by atoms with van der Waals surface area (Å²) in [6.07, 6.45) is 5.01. The molecular formula is C17H19ClN10. The summed E-state index contributed by atoms with van der Waals surface area (Å²) in [5.41, 5.74) is 2.86. The van der Waals surface area contributed by atoms with Gasteiger partial charge in [-0.1, -0.05) is 42.3 Å². The summed E-state index contributed by atoms with van der Waals surface area (Å²) in [6.45, 7) is 2.78. The monoisotopic (exact) mass is 398 g/mol. The molecule has 0 amide bonds. The van der Waals surface area contributed by atoms with Crippen molar-refractivity contribution in [2.75, 3.05) is 0 Å². The maximum Gasteiger partial charge on any atom is 0.180 e. The quantitative estimate of drug-likeness (QED) is 0.482. The van der Waals surface area contributed by atoms with Crippen LogP contribution in [0.3, 0.4) is 0 Å². The van der Waals surface area contributed by atoms with Gasteiger partial charge in [-0.3, -0.25) is 0 Å². The molecule has 0 unspecified atom stereocenters. The van der Waals surface area contributed by atoms with Crippen molar-refractivity contribution >= 4 is 11.6 Å². The van der Waals surface area contributed by atoms with E-state index in [1.807, 2.05) is 18.2 Å². The lowest BCUT2D eigenvalue weighted by Crippen LogP contribution is -2.10. The summed E-state index contributed by atoms with van der Waals surface area (Å²) in [4.78, 5) is 4.60. The molecule has 0 aliphatic carbocycles. The van der Waals surface area contributed by atoms with E-state index in [1.54, 1.807) is 11.0 Å². The summed E-state index contributed by atoms with van der Waals surface area (Å²) in [5, 5.41) is 26.0. The van der Waals surface area contributed by atoms with Crippen molar-refractivity contribution in [3.63, 3.8) is 0 Å². The number of aryl methyl sites for hydroxylation is 1. The molecule has 0 spiro atoms. The minimum Gasteiger partial charge on any atom is -0.326 e. The Labute approximate surface area is 165 Å². The maximum atomic E-state index is 6.48. The van der Waals surface area contributed by atoms with Crippen molar-refractivity contribution in [1.82, 2.24) is 50.4 Å². The van der Waals surface area contributed by atoms with Gasteiger partial charge in [-0.25, -0.2) is 9.67 Å². The predicted molar refractivity (Wildman–Crippen MR) is 101 cm³/mol. The molecule has 0 radical (unpaired) electrons. The van der Waals surface area contributed by atoms with Crippen LogP contribution < -0.4 is 0 Å². The first-order valence-electron chi connectivity index (χ1n) is 9.03. The predicted octanol–water partition coefficient (Wildman–Crippen LogP) is 2.01. The van der Waals surface area contributed by atoms with Crippen LogP contribution in [0, 0.1) is 0 Å². The second-order valence-corrected chi connectivity index (χ2v) is 6.74. The van der Waals surface area contributed by atoms with Crippen LogP contribution in [-0.2, 0) is 19.4 Å². The Hall–Kier alpha value is -3.14. The smallest absolute Gasteiger partial charge is 0.180 e. The van der Waals surface area contributed by atoms with E-state index >= 15 is 0 Å². The Morgan fingerprint density at radius 1 is 1.25 bits per heavy atom. The Morgan fingerprint density at radius 3 is 2.93 bits per heavy atom. The zero-order valence-corrected chi connectivity index (χ0v) is 16.1. The SMILES string of the molecule is CCCCc1nc(Cl)c(Cc2nn[nH]n2)n1Cc1cccc(-n2cnnn2)c1. The Morgan fingerprint density at radius 2 is 2.18 bits per heavy atom. The molecule has 3 heterocycles. The number of nitrogens with one attached hydrogen (secondary N) is 1. The van der Waals surface area contributed by atoms with Gasteiger partial charge in [0, 0.05) is 13.0 Å². The molecule has 28 heavy (non-hydrogen) atoms. The number of hydrogen-bond acceptors (Lipinski definition) is 7. The highest BCUT2D eigenvalue weighted by Gasteiger charge is 2.18. The fourth-order valence-electron chi connectivity index (χ4n) is 3.05. The molecule has 144 valence electrons. The maximum absolute atomic E-state index is 6.48. The second-order valence-electron chi connectivity index (χ2n) is 6.38. The van der Waals surface area contributed by atoms with Gasteiger partial charge in [-0.2, -0.15) is 5.21 Å². The van der Waals surface area contributed by atoms with Crippen LogP contribution in [-0.4, -0.2) is 50.4 Å². The van der Waals surface area contributed by atoms with Gasteiger partial charge in [0.15, 0.2) is 11.0 Å². The molecule has 0 atom stereocenters. The molecule has 0 aliphatic heterocycles. The topological polar surface area (TPSA) is 116 Å².